The van der Waals surface area contributed by atoms with Crippen molar-refractivity contribution in [3.8, 4) is 0 Å². The van der Waals surface area contributed by atoms with Crippen LogP contribution in [0.1, 0.15) is 130 Å². The van der Waals surface area contributed by atoms with Crippen LogP contribution in [0.2, 0.25) is 0 Å². The van der Waals surface area contributed by atoms with Crippen LogP contribution in [0.15, 0.2) is 152 Å². The zero-order valence-electron chi connectivity index (χ0n) is 46.2. The molecule has 4 aliphatic rings. The number of aromatic amines is 3. The Morgan fingerprint density at radius 3 is 1.52 bits per heavy atom. The molecule has 1 amide bonds. The van der Waals surface area contributed by atoms with Gasteiger partial charge in [-0.15, -0.1) is 0 Å². The third-order valence-corrected chi connectivity index (χ3v) is 16.5. The van der Waals surface area contributed by atoms with E-state index in [-0.39, 0.29) is 34.6 Å². The second-order valence-electron chi connectivity index (χ2n) is 21.6. The molecular formula is C66H64ClF9N6O3. The summed E-state index contributed by atoms with van der Waals surface area (Å²) in [6.45, 7) is 2.10. The molecule has 446 valence electrons. The Labute approximate surface area is 490 Å². The first-order valence-corrected chi connectivity index (χ1v) is 28.7. The van der Waals surface area contributed by atoms with Crippen LogP contribution in [0.5, 0.6) is 0 Å². The van der Waals surface area contributed by atoms with E-state index >= 15 is 0 Å². The summed E-state index contributed by atoms with van der Waals surface area (Å²) < 4.78 is 113. The topological polar surface area (TPSA) is 140 Å². The summed E-state index contributed by atoms with van der Waals surface area (Å²) >= 11 is 5.25. The van der Waals surface area contributed by atoms with E-state index in [9.17, 15) is 53.9 Å². The maximum Gasteiger partial charge on any atom is 0.416 e. The van der Waals surface area contributed by atoms with Gasteiger partial charge in [-0.25, -0.2) is 0 Å². The summed E-state index contributed by atoms with van der Waals surface area (Å²) in [5.41, 5.74) is 14.2. The van der Waals surface area contributed by atoms with Gasteiger partial charge in [-0.1, -0.05) is 117 Å². The molecule has 2 aliphatic carbocycles. The van der Waals surface area contributed by atoms with Crippen LogP contribution >= 0.6 is 11.6 Å². The predicted molar refractivity (Wildman–Crippen MR) is 313 cm³/mol. The number of para-hydroxylation sites is 3. The van der Waals surface area contributed by atoms with Crippen molar-refractivity contribution in [2.75, 3.05) is 19.6 Å². The Balaban J connectivity index is 0.000000138. The highest BCUT2D eigenvalue weighted by Crippen LogP contribution is 2.42. The van der Waals surface area contributed by atoms with E-state index in [1.165, 1.54) is 52.4 Å². The number of aromatic nitrogens is 3. The molecule has 2 aliphatic heterocycles. The number of nitrogens with two attached hydrogens (primary N) is 1. The lowest BCUT2D eigenvalue weighted by Crippen LogP contribution is -2.43. The third kappa shape index (κ3) is 14.9. The number of benzene rings is 6. The van der Waals surface area contributed by atoms with Crippen molar-refractivity contribution in [3.05, 3.63) is 213 Å². The van der Waals surface area contributed by atoms with E-state index in [1.54, 1.807) is 12.1 Å². The number of alkyl halides is 9. The number of amides is 1. The van der Waals surface area contributed by atoms with Crippen molar-refractivity contribution in [3.63, 3.8) is 0 Å². The molecular weight excluding hydrogens is 1130 g/mol. The molecule has 85 heavy (non-hydrogen) atoms. The molecule has 2 atom stereocenters. The average Bonchev–Trinajstić information content (AvgIpc) is 1.97. The molecule has 5 heterocycles. The average molecular weight is 1200 g/mol. The van der Waals surface area contributed by atoms with Crippen LogP contribution < -0.4 is 11.1 Å². The molecule has 2 saturated carbocycles. The van der Waals surface area contributed by atoms with Gasteiger partial charge >= 0.3 is 18.5 Å². The Kier molecular flexibility index (Phi) is 19.8. The fourth-order valence-electron chi connectivity index (χ4n) is 11.8. The van der Waals surface area contributed by atoms with Gasteiger partial charge < -0.3 is 30.9 Å². The highest BCUT2D eigenvalue weighted by Gasteiger charge is 2.39. The van der Waals surface area contributed by atoms with E-state index < -0.39 is 41.3 Å². The highest BCUT2D eigenvalue weighted by molar-refractivity contribution is 6.64. The number of nitrogens with one attached hydrogen (secondary N) is 4. The van der Waals surface area contributed by atoms with Crippen molar-refractivity contribution >= 4 is 61.7 Å². The number of fused-ring (bicyclic) bond motifs is 7. The standard InChI is InChI=1S/C24H23F3N2O.C18H15F3N2.C10H12N2.C8H5F3O.C6H9ClO/c25-24(26,27)17-11-9-15(10-12-17)22-21-19(18-7-3-4-8-20(18)28-21)13-14-29(22)23(30)16-5-1-2-6-16;19-18(20,21)12-7-5-11(6-8-12)16-17-14(9-10-22-16)13-3-1-2-4-15(13)23-17;11-6-5-8-7-12-10-4-2-1-3-9(8)10;9-8(10,11)7-3-1-6(5-12)2-4-7;7-6(8)5-3-1-2-4-5/h3-4,7-12,16,22,28H,1-2,5-6,13-14H2;1-8,16,22-23H,9-10H2;1-4,7,12H,5-6,11H2;1-5H;5H,1-4H2. The summed E-state index contributed by atoms with van der Waals surface area (Å²) in [5.74, 6) is 0.339. The van der Waals surface area contributed by atoms with Gasteiger partial charge in [-0.3, -0.25) is 14.4 Å². The molecule has 6 N–H and O–H groups in total. The van der Waals surface area contributed by atoms with Crippen LogP contribution in [0.25, 0.3) is 32.7 Å². The fraction of sp³-hybridized carbons (Fsp3) is 0.318. The van der Waals surface area contributed by atoms with Crippen LogP contribution in [-0.2, 0) is 47.4 Å². The molecule has 13 rings (SSSR count). The van der Waals surface area contributed by atoms with Crippen molar-refractivity contribution < 1.29 is 53.9 Å². The zero-order chi connectivity index (χ0) is 60.5. The summed E-state index contributed by atoms with van der Waals surface area (Å²) in [4.78, 5) is 45.9. The number of aldehydes is 1. The fourth-order valence-corrected chi connectivity index (χ4v) is 12.0. The van der Waals surface area contributed by atoms with Crippen LogP contribution in [0, 0.1) is 11.8 Å². The Hall–Kier alpha value is -7.67. The third-order valence-electron chi connectivity index (χ3n) is 16.1. The molecule has 6 aromatic carbocycles. The van der Waals surface area contributed by atoms with Gasteiger partial charge in [0.05, 0.1) is 28.8 Å². The summed E-state index contributed by atoms with van der Waals surface area (Å²) in [5, 5.41) is 6.87. The summed E-state index contributed by atoms with van der Waals surface area (Å²) in [6, 6.07) is 38.6. The number of hydrogen-bond donors (Lipinski definition) is 5. The molecule has 2 unspecified atom stereocenters. The van der Waals surface area contributed by atoms with Gasteiger partial charge in [0.1, 0.15) is 6.29 Å². The van der Waals surface area contributed by atoms with Crippen molar-refractivity contribution in [1.82, 2.24) is 25.2 Å². The molecule has 3 aromatic heterocycles. The summed E-state index contributed by atoms with van der Waals surface area (Å²) in [6.07, 6.45) is 0.454. The van der Waals surface area contributed by atoms with Gasteiger partial charge in [0, 0.05) is 80.8 Å². The molecule has 19 heteroatoms. The van der Waals surface area contributed by atoms with Crippen molar-refractivity contribution in [2.24, 2.45) is 17.6 Å². The summed E-state index contributed by atoms with van der Waals surface area (Å²) in [7, 11) is 0. The number of carbonyl (C=O) groups is 3. The zero-order valence-corrected chi connectivity index (χ0v) is 47.0. The molecule has 0 radical (unpaired) electrons. The van der Waals surface area contributed by atoms with E-state index in [1.807, 2.05) is 53.6 Å². The first kappa shape index (κ1) is 61.9. The lowest BCUT2D eigenvalue weighted by Gasteiger charge is -2.38. The molecule has 0 spiro atoms. The van der Waals surface area contributed by atoms with Gasteiger partial charge in [-0.05, 0) is 146 Å². The van der Waals surface area contributed by atoms with E-state index in [0.29, 0.717) is 24.9 Å². The Morgan fingerprint density at radius 1 is 0.565 bits per heavy atom. The number of carbonyl (C=O) groups excluding carboxylic acids is 3. The highest BCUT2D eigenvalue weighted by atomic mass is 35.5. The molecule has 0 saturated heterocycles. The minimum absolute atomic E-state index is 0.0212. The molecule has 9 nitrogen and oxygen atoms in total. The van der Waals surface area contributed by atoms with Crippen molar-refractivity contribution in [1.29, 1.82) is 0 Å². The predicted octanol–water partition coefficient (Wildman–Crippen LogP) is 16.4. The normalized spacial score (nSPS) is 17.1. The van der Waals surface area contributed by atoms with Crippen molar-refractivity contribution in [2.45, 2.75) is 101 Å². The van der Waals surface area contributed by atoms with Gasteiger partial charge in [-0.2, -0.15) is 39.5 Å². The number of hydrogen-bond acceptors (Lipinski definition) is 5. The van der Waals surface area contributed by atoms with Gasteiger partial charge in [0.15, 0.2) is 0 Å². The number of rotatable bonds is 7. The van der Waals surface area contributed by atoms with Crippen LogP contribution in [-0.4, -0.2) is 56.9 Å². The quantitative estimate of drug-likeness (QED) is 0.0614. The SMILES string of the molecule is FC(F)(F)c1ccc(C2NCCc3c2[nH]c2ccccc32)cc1.NCCc1c[nH]c2ccccc12.O=C(C1CCCC1)N1CCc2c([nH]c3ccccc23)C1c1ccc(C(F)(F)F)cc1.O=C(Cl)C1CCCC1.O=Cc1ccc(C(F)(F)F)cc1. The maximum atomic E-state index is 13.4. The van der Waals surface area contributed by atoms with Gasteiger partial charge in [0.25, 0.3) is 0 Å². The smallest absolute Gasteiger partial charge is 0.361 e. The van der Waals surface area contributed by atoms with Crippen LogP contribution in [0.4, 0.5) is 39.5 Å². The number of H-pyrrole nitrogens is 3. The van der Waals surface area contributed by atoms with Gasteiger partial charge in [0.2, 0.25) is 11.1 Å². The Bertz CT molecular complexity index is 3690. The number of halogens is 10. The van der Waals surface area contributed by atoms with E-state index in [2.05, 4.69) is 50.6 Å². The second kappa shape index (κ2) is 27.1. The maximum absolute atomic E-state index is 13.4. The Morgan fingerprint density at radius 2 is 1.02 bits per heavy atom. The molecule has 9 aromatic rings. The van der Waals surface area contributed by atoms with E-state index in [4.69, 9.17) is 17.3 Å². The van der Waals surface area contributed by atoms with Crippen LogP contribution in [0.3, 0.4) is 0 Å². The lowest BCUT2D eigenvalue weighted by atomic mass is 9.90. The monoisotopic (exact) mass is 1190 g/mol. The lowest BCUT2D eigenvalue weighted by molar-refractivity contribution is -0.138. The molecule has 0 bridgehead atoms. The minimum atomic E-state index is -4.38. The minimum Gasteiger partial charge on any atom is -0.361 e. The number of nitrogens with zero attached hydrogens (tertiary/aromatic N) is 1. The second-order valence-corrected chi connectivity index (χ2v) is 22.0. The first-order valence-electron chi connectivity index (χ1n) is 28.4. The molecule has 2 fully saturated rings. The first-order chi connectivity index (χ1) is 40.7. The van der Waals surface area contributed by atoms with E-state index in [0.717, 1.165) is 152 Å². The largest absolute Gasteiger partial charge is 0.416 e.